The van der Waals surface area contributed by atoms with Crippen molar-refractivity contribution in [3.63, 3.8) is 0 Å². The molecule has 96 valence electrons. The van der Waals surface area contributed by atoms with Crippen LogP contribution >= 0.6 is 0 Å². The van der Waals surface area contributed by atoms with Gasteiger partial charge in [0.05, 0.1) is 6.20 Å². The Morgan fingerprint density at radius 3 is 2.76 bits per heavy atom. The highest BCUT2D eigenvalue weighted by Crippen LogP contribution is 2.18. The van der Waals surface area contributed by atoms with Gasteiger partial charge < -0.3 is 5.32 Å². The molecular weight excluding hydrogens is 212 g/mol. The van der Waals surface area contributed by atoms with Gasteiger partial charge in [-0.15, -0.1) is 0 Å². The predicted molar refractivity (Wildman–Crippen MR) is 69.8 cm³/mol. The second-order valence-electron chi connectivity index (χ2n) is 4.98. The van der Waals surface area contributed by atoms with Crippen LogP contribution in [0.1, 0.15) is 25.3 Å². The minimum atomic E-state index is 0.870. The summed E-state index contributed by atoms with van der Waals surface area (Å²) in [6, 6.07) is 0. The molecule has 0 aliphatic carbocycles. The summed E-state index contributed by atoms with van der Waals surface area (Å²) in [4.78, 5) is 2.54. The molecule has 1 fully saturated rings. The lowest BCUT2D eigenvalue weighted by Crippen LogP contribution is -2.36. The second kappa shape index (κ2) is 6.17. The first-order valence-corrected chi connectivity index (χ1v) is 6.70. The highest BCUT2D eigenvalue weighted by Gasteiger charge is 2.18. The molecule has 0 unspecified atom stereocenters. The summed E-state index contributed by atoms with van der Waals surface area (Å²) in [6.07, 6.45) is 6.81. The lowest BCUT2D eigenvalue weighted by molar-refractivity contribution is 0.176. The zero-order valence-electron chi connectivity index (χ0n) is 11.0. The van der Waals surface area contributed by atoms with E-state index in [0.717, 1.165) is 19.0 Å². The van der Waals surface area contributed by atoms with Gasteiger partial charge in [-0.3, -0.25) is 9.58 Å². The third-order valence-corrected chi connectivity index (χ3v) is 3.62. The summed E-state index contributed by atoms with van der Waals surface area (Å²) in [7, 11) is 2.05. The van der Waals surface area contributed by atoms with E-state index in [0.29, 0.717) is 0 Å². The van der Waals surface area contributed by atoms with Crippen LogP contribution in [0.3, 0.4) is 0 Å². The van der Waals surface area contributed by atoms with Gasteiger partial charge in [0.2, 0.25) is 0 Å². The van der Waals surface area contributed by atoms with Gasteiger partial charge in [-0.2, -0.15) is 5.10 Å². The average molecular weight is 236 g/mol. The summed E-state index contributed by atoms with van der Waals surface area (Å²) < 4.78 is 2.00. The van der Waals surface area contributed by atoms with Crippen molar-refractivity contribution in [2.24, 2.45) is 5.92 Å². The molecule has 1 aromatic heterocycles. The Bertz CT molecular complexity index is 326. The maximum atomic E-state index is 4.32. The maximum Gasteiger partial charge on any atom is 0.0534 e. The molecule has 1 aromatic rings. The molecule has 0 saturated carbocycles. The molecule has 1 N–H and O–H groups in total. The van der Waals surface area contributed by atoms with E-state index in [-0.39, 0.29) is 0 Å². The number of hydrogen-bond donors (Lipinski definition) is 1. The molecule has 0 atom stereocenters. The molecular formula is C13H24N4. The van der Waals surface area contributed by atoms with E-state index in [2.05, 4.69) is 28.4 Å². The lowest BCUT2D eigenvalue weighted by Gasteiger charge is -2.31. The number of piperidine rings is 1. The van der Waals surface area contributed by atoms with E-state index < -0.39 is 0 Å². The SMILES string of the molecule is CCn1cc(CN2CCC(CNC)CC2)cn1. The highest BCUT2D eigenvalue weighted by molar-refractivity contribution is 5.03. The zero-order chi connectivity index (χ0) is 12.1. The summed E-state index contributed by atoms with van der Waals surface area (Å²) in [5.74, 6) is 0.870. The summed E-state index contributed by atoms with van der Waals surface area (Å²) in [6.45, 7) is 7.77. The largest absolute Gasteiger partial charge is 0.319 e. The molecule has 0 bridgehead atoms. The van der Waals surface area contributed by atoms with Crippen LogP contribution < -0.4 is 5.32 Å². The van der Waals surface area contributed by atoms with E-state index in [1.54, 1.807) is 0 Å². The molecule has 0 amide bonds. The molecule has 1 aliphatic heterocycles. The molecule has 0 spiro atoms. The van der Waals surface area contributed by atoms with Gasteiger partial charge in [0.1, 0.15) is 0 Å². The molecule has 17 heavy (non-hydrogen) atoms. The highest BCUT2D eigenvalue weighted by atomic mass is 15.3. The van der Waals surface area contributed by atoms with Crippen molar-refractivity contribution in [1.82, 2.24) is 20.0 Å². The van der Waals surface area contributed by atoms with Gasteiger partial charge in [0.25, 0.3) is 0 Å². The number of nitrogens with zero attached hydrogens (tertiary/aromatic N) is 3. The van der Waals surface area contributed by atoms with E-state index in [1.165, 1.54) is 38.0 Å². The van der Waals surface area contributed by atoms with Crippen LogP contribution in [0, 0.1) is 5.92 Å². The van der Waals surface area contributed by atoms with Crippen molar-refractivity contribution in [1.29, 1.82) is 0 Å². The maximum absolute atomic E-state index is 4.32. The van der Waals surface area contributed by atoms with E-state index in [1.807, 2.05) is 17.9 Å². The third kappa shape index (κ3) is 3.54. The molecule has 0 aromatic carbocycles. The monoisotopic (exact) mass is 236 g/mol. The van der Waals surface area contributed by atoms with Crippen LogP contribution in [-0.4, -0.2) is 41.4 Å². The van der Waals surface area contributed by atoms with Crippen LogP contribution in [0.5, 0.6) is 0 Å². The Balaban J connectivity index is 1.77. The summed E-state index contributed by atoms with van der Waals surface area (Å²) in [5, 5.41) is 7.61. The van der Waals surface area contributed by atoms with Gasteiger partial charge in [0, 0.05) is 24.8 Å². The second-order valence-corrected chi connectivity index (χ2v) is 4.98. The molecule has 1 saturated heterocycles. The number of hydrogen-bond acceptors (Lipinski definition) is 3. The predicted octanol–water partition coefficient (Wildman–Crippen LogP) is 1.33. The Labute approximate surface area is 104 Å². The Morgan fingerprint density at radius 2 is 2.18 bits per heavy atom. The summed E-state index contributed by atoms with van der Waals surface area (Å²) >= 11 is 0. The van der Waals surface area contributed by atoms with Gasteiger partial charge >= 0.3 is 0 Å². The fraction of sp³-hybridized carbons (Fsp3) is 0.769. The van der Waals surface area contributed by atoms with Gasteiger partial charge in [-0.25, -0.2) is 0 Å². The fourth-order valence-corrected chi connectivity index (χ4v) is 2.56. The number of likely N-dealkylation sites (tertiary alicyclic amines) is 1. The average Bonchev–Trinajstić information content (AvgIpc) is 2.80. The molecule has 2 heterocycles. The Kier molecular flexibility index (Phi) is 4.57. The number of rotatable bonds is 5. The Morgan fingerprint density at radius 1 is 1.41 bits per heavy atom. The van der Waals surface area contributed by atoms with E-state index in [9.17, 15) is 0 Å². The topological polar surface area (TPSA) is 33.1 Å². The molecule has 4 heteroatoms. The first-order chi connectivity index (χ1) is 8.31. The molecule has 0 radical (unpaired) electrons. The first kappa shape index (κ1) is 12.6. The van der Waals surface area contributed by atoms with Crippen LogP contribution in [0.15, 0.2) is 12.4 Å². The van der Waals surface area contributed by atoms with Crippen molar-refractivity contribution in [3.8, 4) is 0 Å². The van der Waals surface area contributed by atoms with Crippen LogP contribution in [0.25, 0.3) is 0 Å². The van der Waals surface area contributed by atoms with Crippen molar-refractivity contribution >= 4 is 0 Å². The normalized spacial score (nSPS) is 18.7. The fourth-order valence-electron chi connectivity index (χ4n) is 2.56. The minimum absolute atomic E-state index is 0.870. The van der Waals surface area contributed by atoms with Crippen molar-refractivity contribution in [2.75, 3.05) is 26.7 Å². The van der Waals surface area contributed by atoms with Crippen LogP contribution in [0.4, 0.5) is 0 Å². The van der Waals surface area contributed by atoms with Crippen molar-refractivity contribution in [2.45, 2.75) is 32.9 Å². The summed E-state index contributed by atoms with van der Waals surface area (Å²) in [5.41, 5.74) is 1.35. The van der Waals surface area contributed by atoms with Crippen molar-refractivity contribution in [3.05, 3.63) is 18.0 Å². The van der Waals surface area contributed by atoms with Gasteiger partial charge in [0.15, 0.2) is 0 Å². The number of aryl methyl sites for hydroxylation is 1. The molecule has 4 nitrogen and oxygen atoms in total. The standard InChI is InChI=1S/C13H24N4/c1-3-17-11-13(9-15-17)10-16-6-4-12(5-7-16)8-14-2/h9,11-12,14H,3-8,10H2,1-2H3. The smallest absolute Gasteiger partial charge is 0.0534 e. The third-order valence-electron chi connectivity index (χ3n) is 3.62. The zero-order valence-corrected chi connectivity index (χ0v) is 11.0. The van der Waals surface area contributed by atoms with Gasteiger partial charge in [-0.1, -0.05) is 0 Å². The van der Waals surface area contributed by atoms with Crippen LogP contribution in [-0.2, 0) is 13.1 Å². The van der Waals surface area contributed by atoms with E-state index in [4.69, 9.17) is 0 Å². The molecule has 1 aliphatic rings. The lowest BCUT2D eigenvalue weighted by atomic mass is 9.97. The Hall–Kier alpha value is -0.870. The number of nitrogens with one attached hydrogen (secondary N) is 1. The first-order valence-electron chi connectivity index (χ1n) is 6.70. The molecule has 2 rings (SSSR count). The number of aromatic nitrogens is 2. The van der Waals surface area contributed by atoms with Gasteiger partial charge in [-0.05, 0) is 52.4 Å². The minimum Gasteiger partial charge on any atom is -0.319 e. The van der Waals surface area contributed by atoms with Crippen LogP contribution in [0.2, 0.25) is 0 Å². The quantitative estimate of drug-likeness (QED) is 0.837. The van der Waals surface area contributed by atoms with Crippen molar-refractivity contribution < 1.29 is 0 Å². The van der Waals surface area contributed by atoms with E-state index >= 15 is 0 Å².